The lowest BCUT2D eigenvalue weighted by atomic mass is 9.95. The maximum absolute atomic E-state index is 10.6. The summed E-state index contributed by atoms with van der Waals surface area (Å²) >= 11 is 0. The smallest absolute Gasteiger partial charge is 0.164 e. The van der Waals surface area contributed by atoms with Crippen LogP contribution in [0.4, 0.5) is 5.82 Å². The number of aryl methyl sites for hydroxylation is 1. The summed E-state index contributed by atoms with van der Waals surface area (Å²) < 4.78 is 8.81. The zero-order valence-electron chi connectivity index (χ0n) is 14.2. The third-order valence-corrected chi connectivity index (χ3v) is 4.78. The first-order valence-electron chi connectivity index (χ1n) is 7.99. The number of fused-ring (bicyclic) bond motifs is 1. The Balaban J connectivity index is 1.91. The van der Waals surface area contributed by atoms with E-state index in [9.17, 15) is 15.3 Å². The second kappa shape index (κ2) is 5.71. The molecule has 0 unspecified atom stereocenters. The van der Waals surface area contributed by atoms with Crippen molar-refractivity contribution in [1.82, 2.24) is 29.5 Å². The summed E-state index contributed by atoms with van der Waals surface area (Å²) in [5, 5.41) is 39.1. The molecule has 1 aliphatic rings. The Bertz CT molecular complexity index is 966. The van der Waals surface area contributed by atoms with Crippen molar-refractivity contribution in [3.63, 3.8) is 0 Å². The first-order valence-corrected chi connectivity index (χ1v) is 7.99. The lowest BCUT2D eigenvalue weighted by Gasteiger charge is -2.25. The number of nitrogens with two attached hydrogens (primary N) is 1. The summed E-state index contributed by atoms with van der Waals surface area (Å²) in [7, 11) is 1.74. The number of hydrogen-bond donors (Lipinski definition) is 4. The fourth-order valence-electron chi connectivity index (χ4n) is 3.27. The molecular formula is C15H19N7O4. The normalized spacial score (nSPS) is 28.9. The molecule has 138 valence electrons. The van der Waals surface area contributed by atoms with Crippen molar-refractivity contribution in [2.24, 2.45) is 7.05 Å². The summed E-state index contributed by atoms with van der Waals surface area (Å²) in [5.41, 5.74) is 6.00. The van der Waals surface area contributed by atoms with Crippen LogP contribution in [-0.4, -0.2) is 69.3 Å². The average Bonchev–Trinajstić information content (AvgIpc) is 3.25. The van der Waals surface area contributed by atoms with Crippen molar-refractivity contribution in [1.29, 1.82) is 0 Å². The number of aliphatic hydroxyl groups excluding tert-OH is 2. The van der Waals surface area contributed by atoms with E-state index in [4.69, 9.17) is 10.5 Å². The largest absolute Gasteiger partial charge is 0.394 e. The number of nitrogen functional groups attached to an aromatic ring is 1. The van der Waals surface area contributed by atoms with Crippen LogP contribution >= 0.6 is 0 Å². The van der Waals surface area contributed by atoms with E-state index in [1.807, 2.05) is 0 Å². The van der Waals surface area contributed by atoms with Gasteiger partial charge in [0.15, 0.2) is 6.23 Å². The molecule has 4 atom stereocenters. The van der Waals surface area contributed by atoms with Crippen molar-refractivity contribution in [2.75, 3.05) is 12.3 Å². The summed E-state index contributed by atoms with van der Waals surface area (Å²) in [5.74, 6) is 0.243. The number of hydrogen-bond acceptors (Lipinski definition) is 9. The number of nitrogens with zero attached hydrogens (tertiary/aromatic N) is 6. The van der Waals surface area contributed by atoms with E-state index in [1.165, 1.54) is 13.3 Å². The highest BCUT2D eigenvalue weighted by atomic mass is 16.6. The minimum Gasteiger partial charge on any atom is -0.394 e. The summed E-state index contributed by atoms with van der Waals surface area (Å²) in [6, 6.07) is 0. The second-order valence-corrected chi connectivity index (χ2v) is 6.55. The molecule has 0 aromatic carbocycles. The van der Waals surface area contributed by atoms with Gasteiger partial charge in [-0.05, 0) is 6.92 Å². The zero-order valence-corrected chi connectivity index (χ0v) is 14.2. The van der Waals surface area contributed by atoms with Gasteiger partial charge in [-0.15, -0.1) is 5.10 Å². The Morgan fingerprint density at radius 2 is 2.12 bits per heavy atom. The van der Waals surface area contributed by atoms with Crippen molar-refractivity contribution >= 4 is 16.9 Å². The van der Waals surface area contributed by atoms with Crippen LogP contribution < -0.4 is 5.73 Å². The van der Waals surface area contributed by atoms with Crippen molar-refractivity contribution in [3.05, 3.63) is 18.7 Å². The molecular weight excluding hydrogens is 342 g/mol. The highest BCUT2D eigenvalue weighted by Crippen LogP contribution is 2.41. The Kier molecular flexibility index (Phi) is 3.70. The number of aromatic nitrogens is 6. The van der Waals surface area contributed by atoms with Gasteiger partial charge in [-0.25, -0.2) is 9.97 Å². The Hall–Kier alpha value is -2.60. The van der Waals surface area contributed by atoms with Gasteiger partial charge in [-0.1, -0.05) is 5.21 Å². The minimum absolute atomic E-state index is 0.243. The van der Waals surface area contributed by atoms with E-state index < -0.39 is 30.6 Å². The number of anilines is 1. The predicted molar refractivity (Wildman–Crippen MR) is 89.6 cm³/mol. The van der Waals surface area contributed by atoms with Gasteiger partial charge in [0.2, 0.25) is 0 Å². The molecule has 11 nitrogen and oxygen atoms in total. The molecule has 4 rings (SSSR count). The Morgan fingerprint density at radius 3 is 2.73 bits per heavy atom. The molecule has 26 heavy (non-hydrogen) atoms. The molecule has 0 aliphatic carbocycles. The lowest BCUT2D eigenvalue weighted by molar-refractivity contribution is -0.0804. The van der Waals surface area contributed by atoms with Gasteiger partial charge in [-0.3, -0.25) is 4.68 Å². The van der Waals surface area contributed by atoms with Crippen LogP contribution in [-0.2, 0) is 11.8 Å². The summed E-state index contributed by atoms with van der Waals surface area (Å²) in [6.45, 7) is 0.977. The molecule has 4 heterocycles. The van der Waals surface area contributed by atoms with Gasteiger partial charge < -0.3 is 30.4 Å². The average molecular weight is 361 g/mol. The molecule has 1 aliphatic heterocycles. The maximum atomic E-state index is 10.6. The van der Waals surface area contributed by atoms with Gasteiger partial charge in [0.25, 0.3) is 0 Å². The molecule has 3 aromatic heterocycles. The van der Waals surface area contributed by atoms with Crippen molar-refractivity contribution in [2.45, 2.75) is 31.0 Å². The SMILES string of the molecule is Cn1cc(-c2cn([C@@H]3O[C@H](CO)[C@@](C)(O)[C@H]3O)c3ncnc(N)c23)nn1. The number of ether oxygens (including phenoxy) is 1. The molecule has 0 amide bonds. The summed E-state index contributed by atoms with van der Waals surface area (Å²) in [6.07, 6.45) is 1.48. The first kappa shape index (κ1) is 16.8. The Morgan fingerprint density at radius 1 is 1.35 bits per heavy atom. The molecule has 3 aromatic rings. The molecule has 0 bridgehead atoms. The molecule has 5 N–H and O–H groups in total. The maximum Gasteiger partial charge on any atom is 0.164 e. The fourth-order valence-corrected chi connectivity index (χ4v) is 3.27. The lowest BCUT2D eigenvalue weighted by Crippen LogP contribution is -2.46. The van der Waals surface area contributed by atoms with E-state index in [1.54, 1.807) is 28.7 Å². The van der Waals surface area contributed by atoms with Gasteiger partial charge in [0.1, 0.15) is 41.3 Å². The van der Waals surface area contributed by atoms with Crippen molar-refractivity contribution in [3.8, 4) is 11.3 Å². The number of rotatable bonds is 3. The fraction of sp³-hybridized carbons (Fsp3) is 0.467. The molecule has 0 saturated carbocycles. The van der Waals surface area contributed by atoms with Crippen LogP contribution in [0.25, 0.3) is 22.3 Å². The number of aliphatic hydroxyl groups is 3. The van der Waals surface area contributed by atoms with E-state index in [-0.39, 0.29) is 5.82 Å². The minimum atomic E-state index is -1.62. The molecule has 0 spiro atoms. The van der Waals surface area contributed by atoms with Crippen LogP contribution in [0, 0.1) is 0 Å². The highest BCUT2D eigenvalue weighted by molar-refractivity contribution is 5.99. The third kappa shape index (κ3) is 2.29. The van der Waals surface area contributed by atoms with Crippen LogP contribution in [0.5, 0.6) is 0 Å². The van der Waals surface area contributed by atoms with E-state index in [0.717, 1.165) is 0 Å². The standard InChI is InChI=1S/C15H19N7O4/c1-15(25)9(5-23)26-14(11(15)24)22-3-7(8-4-21(2)20-19-8)10-12(16)17-6-18-13(10)22/h3-4,6,9,11,14,23-25H,5H2,1-2H3,(H2,16,17,18)/t9-,11+,14-,15-/m1/s1. The van der Waals surface area contributed by atoms with E-state index in [0.29, 0.717) is 22.3 Å². The van der Waals surface area contributed by atoms with Crippen LogP contribution in [0.3, 0.4) is 0 Å². The third-order valence-electron chi connectivity index (χ3n) is 4.78. The molecule has 1 fully saturated rings. The van der Waals surface area contributed by atoms with Gasteiger partial charge in [0, 0.05) is 18.8 Å². The van der Waals surface area contributed by atoms with Crippen LogP contribution in [0.1, 0.15) is 13.2 Å². The van der Waals surface area contributed by atoms with Gasteiger partial charge >= 0.3 is 0 Å². The van der Waals surface area contributed by atoms with Crippen LogP contribution in [0.2, 0.25) is 0 Å². The summed E-state index contributed by atoms with van der Waals surface area (Å²) in [4.78, 5) is 8.28. The topological polar surface area (TPSA) is 157 Å². The van der Waals surface area contributed by atoms with Gasteiger partial charge in [-0.2, -0.15) is 0 Å². The van der Waals surface area contributed by atoms with Gasteiger partial charge in [0.05, 0.1) is 18.2 Å². The molecule has 0 radical (unpaired) electrons. The Labute approximate surface area is 147 Å². The highest BCUT2D eigenvalue weighted by Gasteiger charge is 2.53. The predicted octanol–water partition coefficient (Wildman–Crippen LogP) is -1.19. The first-order chi connectivity index (χ1) is 12.3. The van der Waals surface area contributed by atoms with E-state index >= 15 is 0 Å². The zero-order chi connectivity index (χ0) is 18.6. The quantitative estimate of drug-likeness (QED) is 0.450. The monoisotopic (exact) mass is 361 g/mol. The van der Waals surface area contributed by atoms with Crippen molar-refractivity contribution < 1.29 is 20.1 Å². The van der Waals surface area contributed by atoms with E-state index in [2.05, 4.69) is 20.3 Å². The van der Waals surface area contributed by atoms with Crippen LogP contribution in [0.15, 0.2) is 18.7 Å². The molecule has 1 saturated heterocycles. The molecule has 11 heteroatoms. The second-order valence-electron chi connectivity index (χ2n) is 6.55.